The van der Waals surface area contributed by atoms with E-state index in [4.69, 9.17) is 5.73 Å². The molecule has 0 saturated carbocycles. The zero-order valence-corrected chi connectivity index (χ0v) is 14.7. The summed E-state index contributed by atoms with van der Waals surface area (Å²) >= 11 is 0. The van der Waals surface area contributed by atoms with Gasteiger partial charge in [-0.15, -0.1) is 0 Å². The van der Waals surface area contributed by atoms with Crippen LogP contribution in [-0.2, 0) is 13.1 Å². The van der Waals surface area contributed by atoms with Gasteiger partial charge in [-0.25, -0.2) is 18.2 Å². The lowest BCUT2D eigenvalue weighted by Gasteiger charge is -2.12. The van der Waals surface area contributed by atoms with Crippen molar-refractivity contribution in [1.29, 1.82) is 0 Å². The Balaban J connectivity index is 1.85. The number of anilines is 3. The number of aryl methyl sites for hydroxylation is 1. The minimum atomic E-state index is -1.31. The van der Waals surface area contributed by atoms with E-state index in [1.807, 2.05) is 6.92 Å². The average molecular weight is 391 g/mol. The predicted molar refractivity (Wildman–Crippen MR) is 95.4 cm³/mol. The van der Waals surface area contributed by atoms with E-state index in [9.17, 15) is 18.0 Å². The van der Waals surface area contributed by atoms with Crippen LogP contribution in [0.15, 0.2) is 30.7 Å². The minimum absolute atomic E-state index is 0.0167. The van der Waals surface area contributed by atoms with Gasteiger partial charge in [0.05, 0.1) is 17.4 Å². The Bertz CT molecular complexity index is 1020. The van der Waals surface area contributed by atoms with Crippen LogP contribution in [0.1, 0.15) is 22.8 Å². The van der Waals surface area contributed by atoms with Gasteiger partial charge in [0.15, 0.2) is 11.6 Å². The number of aromatic nitrogens is 4. The summed E-state index contributed by atoms with van der Waals surface area (Å²) < 4.78 is 42.2. The SMILES string of the molecule is CCn1cc(Nc2ncc(C(N)=O)c(NCc3cc(F)cc(F)c3F)n2)cn1. The van der Waals surface area contributed by atoms with Crippen molar-refractivity contribution in [2.24, 2.45) is 5.73 Å². The first kappa shape index (κ1) is 19.1. The molecule has 28 heavy (non-hydrogen) atoms. The molecule has 0 bridgehead atoms. The van der Waals surface area contributed by atoms with Gasteiger partial charge in [0, 0.05) is 37.1 Å². The number of halogens is 3. The van der Waals surface area contributed by atoms with Crippen molar-refractivity contribution in [3.63, 3.8) is 0 Å². The number of carbonyl (C=O) groups excluding carboxylic acids is 1. The van der Waals surface area contributed by atoms with Gasteiger partial charge in [0.1, 0.15) is 11.6 Å². The number of rotatable bonds is 7. The van der Waals surface area contributed by atoms with Crippen LogP contribution >= 0.6 is 0 Å². The number of benzene rings is 1. The highest BCUT2D eigenvalue weighted by Crippen LogP contribution is 2.20. The van der Waals surface area contributed by atoms with Gasteiger partial charge in [-0.2, -0.15) is 10.1 Å². The summed E-state index contributed by atoms with van der Waals surface area (Å²) in [5.41, 5.74) is 5.57. The number of primary amides is 1. The van der Waals surface area contributed by atoms with E-state index in [0.29, 0.717) is 18.3 Å². The van der Waals surface area contributed by atoms with Crippen LogP contribution in [0.5, 0.6) is 0 Å². The molecule has 0 aliphatic heterocycles. The van der Waals surface area contributed by atoms with E-state index in [0.717, 1.165) is 6.07 Å². The zero-order valence-electron chi connectivity index (χ0n) is 14.7. The maximum Gasteiger partial charge on any atom is 0.254 e. The fourth-order valence-corrected chi connectivity index (χ4v) is 2.40. The van der Waals surface area contributed by atoms with Crippen LogP contribution in [0.25, 0.3) is 0 Å². The van der Waals surface area contributed by atoms with Crippen LogP contribution < -0.4 is 16.4 Å². The summed E-state index contributed by atoms with van der Waals surface area (Å²) in [7, 11) is 0. The van der Waals surface area contributed by atoms with Crippen LogP contribution in [0, 0.1) is 17.5 Å². The molecule has 0 radical (unpaired) electrons. The first-order valence-corrected chi connectivity index (χ1v) is 8.21. The number of nitrogens with two attached hydrogens (primary N) is 1. The van der Waals surface area contributed by atoms with Crippen LogP contribution in [0.4, 0.5) is 30.6 Å². The van der Waals surface area contributed by atoms with Gasteiger partial charge in [-0.3, -0.25) is 9.48 Å². The second-order valence-corrected chi connectivity index (χ2v) is 5.74. The van der Waals surface area contributed by atoms with Crippen molar-refractivity contribution in [2.75, 3.05) is 10.6 Å². The number of amides is 1. The highest BCUT2D eigenvalue weighted by atomic mass is 19.2. The van der Waals surface area contributed by atoms with Crippen molar-refractivity contribution in [3.8, 4) is 0 Å². The number of hydrogen-bond acceptors (Lipinski definition) is 6. The smallest absolute Gasteiger partial charge is 0.254 e. The number of nitrogens with zero attached hydrogens (tertiary/aromatic N) is 4. The topological polar surface area (TPSA) is 111 Å². The molecule has 2 aromatic heterocycles. The summed E-state index contributed by atoms with van der Waals surface area (Å²) in [5.74, 6) is -4.16. The lowest BCUT2D eigenvalue weighted by Crippen LogP contribution is -2.17. The molecule has 8 nitrogen and oxygen atoms in total. The second kappa shape index (κ2) is 7.94. The number of hydrogen-bond donors (Lipinski definition) is 3. The number of nitrogens with one attached hydrogen (secondary N) is 2. The van der Waals surface area contributed by atoms with E-state index < -0.39 is 23.4 Å². The van der Waals surface area contributed by atoms with Gasteiger partial charge in [-0.05, 0) is 13.0 Å². The Morgan fingerprint density at radius 1 is 1.25 bits per heavy atom. The minimum Gasteiger partial charge on any atom is -0.365 e. The fourth-order valence-electron chi connectivity index (χ4n) is 2.40. The molecule has 3 rings (SSSR count). The van der Waals surface area contributed by atoms with Crippen molar-refractivity contribution in [1.82, 2.24) is 19.7 Å². The highest BCUT2D eigenvalue weighted by molar-refractivity contribution is 5.97. The monoisotopic (exact) mass is 391 g/mol. The maximum atomic E-state index is 13.8. The molecule has 146 valence electrons. The molecule has 2 heterocycles. The lowest BCUT2D eigenvalue weighted by atomic mass is 10.2. The van der Waals surface area contributed by atoms with Crippen molar-refractivity contribution < 1.29 is 18.0 Å². The Labute approximate surface area is 157 Å². The Hall–Kier alpha value is -3.63. The third-order valence-corrected chi connectivity index (χ3v) is 3.78. The average Bonchev–Trinajstić information content (AvgIpc) is 3.11. The quantitative estimate of drug-likeness (QED) is 0.534. The molecule has 0 saturated heterocycles. The molecular weight excluding hydrogens is 375 g/mol. The predicted octanol–water partition coefficient (Wildman–Crippen LogP) is 2.56. The molecule has 0 unspecified atom stereocenters. The molecule has 0 atom stereocenters. The summed E-state index contributed by atoms with van der Waals surface area (Å²) in [6.07, 6.45) is 4.48. The molecule has 1 aromatic carbocycles. The van der Waals surface area contributed by atoms with Crippen LogP contribution in [-0.4, -0.2) is 25.7 Å². The highest BCUT2D eigenvalue weighted by Gasteiger charge is 2.15. The molecule has 0 aliphatic carbocycles. The van der Waals surface area contributed by atoms with E-state index in [2.05, 4.69) is 25.7 Å². The summed E-state index contributed by atoms with van der Waals surface area (Å²) in [4.78, 5) is 19.7. The van der Waals surface area contributed by atoms with Gasteiger partial charge in [0.25, 0.3) is 5.91 Å². The molecule has 0 spiro atoms. The van der Waals surface area contributed by atoms with E-state index >= 15 is 0 Å². The van der Waals surface area contributed by atoms with Gasteiger partial charge < -0.3 is 16.4 Å². The maximum absolute atomic E-state index is 13.8. The van der Waals surface area contributed by atoms with Crippen LogP contribution in [0.3, 0.4) is 0 Å². The normalized spacial score (nSPS) is 10.7. The molecule has 3 aromatic rings. The van der Waals surface area contributed by atoms with E-state index in [1.54, 1.807) is 17.1 Å². The number of carbonyl (C=O) groups is 1. The summed E-state index contributed by atoms with van der Waals surface area (Å²) in [5, 5.41) is 9.66. The van der Waals surface area contributed by atoms with Gasteiger partial charge >= 0.3 is 0 Å². The van der Waals surface area contributed by atoms with Crippen molar-refractivity contribution >= 4 is 23.4 Å². The van der Waals surface area contributed by atoms with Crippen molar-refractivity contribution in [2.45, 2.75) is 20.0 Å². The molecule has 11 heteroatoms. The molecule has 4 N–H and O–H groups in total. The first-order chi connectivity index (χ1) is 13.4. The summed E-state index contributed by atoms with van der Waals surface area (Å²) in [6.45, 7) is 2.27. The third-order valence-electron chi connectivity index (χ3n) is 3.78. The van der Waals surface area contributed by atoms with E-state index in [-0.39, 0.29) is 29.4 Å². The Kier molecular flexibility index (Phi) is 5.43. The first-order valence-electron chi connectivity index (χ1n) is 8.21. The van der Waals surface area contributed by atoms with Crippen molar-refractivity contribution in [3.05, 3.63) is 59.3 Å². The third kappa shape index (κ3) is 4.19. The molecular formula is C17H16F3N7O. The Morgan fingerprint density at radius 3 is 2.71 bits per heavy atom. The summed E-state index contributed by atoms with van der Waals surface area (Å²) in [6, 6.07) is 1.28. The van der Waals surface area contributed by atoms with Crippen LogP contribution in [0.2, 0.25) is 0 Å². The fraction of sp³-hybridized carbons (Fsp3) is 0.176. The van der Waals surface area contributed by atoms with Gasteiger partial charge in [0.2, 0.25) is 5.95 Å². The second-order valence-electron chi connectivity index (χ2n) is 5.74. The van der Waals surface area contributed by atoms with E-state index in [1.165, 1.54) is 6.20 Å². The lowest BCUT2D eigenvalue weighted by molar-refractivity contribution is 0.100. The largest absolute Gasteiger partial charge is 0.365 e. The van der Waals surface area contributed by atoms with Gasteiger partial charge in [-0.1, -0.05) is 0 Å². The molecule has 1 amide bonds. The standard InChI is InChI=1S/C17H16F3N7O/c1-2-27-8-11(6-24-27)25-17-23-7-12(15(21)28)16(26-17)22-5-9-3-10(18)4-13(19)14(9)20/h3-4,6-8H,2,5H2,1H3,(H2,21,28)(H2,22,23,25,26). The Morgan fingerprint density at radius 2 is 2.04 bits per heavy atom. The zero-order chi connectivity index (χ0) is 20.3. The molecule has 0 aliphatic rings. The molecule has 0 fully saturated rings.